The van der Waals surface area contributed by atoms with Gasteiger partial charge in [-0.15, -0.1) is 0 Å². The normalized spacial score (nSPS) is 15.5. The van der Waals surface area contributed by atoms with E-state index in [-0.39, 0.29) is 17.1 Å². The van der Waals surface area contributed by atoms with Gasteiger partial charge in [-0.25, -0.2) is 0 Å². The third-order valence-electron chi connectivity index (χ3n) is 5.91. The first-order chi connectivity index (χ1) is 14.3. The monoisotopic (exact) mass is 403 g/mol. The zero-order valence-corrected chi connectivity index (χ0v) is 17.9. The first kappa shape index (κ1) is 20.4. The van der Waals surface area contributed by atoms with E-state index in [0.717, 1.165) is 22.0 Å². The van der Waals surface area contributed by atoms with Crippen molar-refractivity contribution >= 4 is 22.6 Å². The first-order valence-corrected chi connectivity index (χ1v) is 10.5. The molecule has 2 heterocycles. The third kappa shape index (κ3) is 4.17. The van der Waals surface area contributed by atoms with Crippen molar-refractivity contribution in [3.63, 3.8) is 0 Å². The van der Waals surface area contributed by atoms with Crippen LogP contribution in [0.25, 0.3) is 10.9 Å². The highest BCUT2D eigenvalue weighted by atomic mass is 16.2. The van der Waals surface area contributed by atoms with E-state index in [1.165, 1.54) is 5.56 Å². The van der Waals surface area contributed by atoms with Crippen molar-refractivity contribution in [2.45, 2.75) is 26.2 Å². The number of amides is 1. The van der Waals surface area contributed by atoms with E-state index in [9.17, 15) is 9.59 Å². The van der Waals surface area contributed by atoms with Gasteiger partial charge in [0.2, 0.25) is 0 Å². The zero-order chi connectivity index (χ0) is 21.3. The molecule has 0 bridgehead atoms. The Morgan fingerprint density at radius 1 is 0.933 bits per heavy atom. The molecule has 1 saturated heterocycles. The molecule has 4 rings (SSSR count). The highest BCUT2D eigenvalue weighted by molar-refractivity contribution is 6.08. The summed E-state index contributed by atoms with van der Waals surface area (Å²) in [5.74, 6) is 0.183. The van der Waals surface area contributed by atoms with Gasteiger partial charge in [-0.05, 0) is 29.2 Å². The van der Waals surface area contributed by atoms with Gasteiger partial charge in [0.15, 0.2) is 5.78 Å². The van der Waals surface area contributed by atoms with Gasteiger partial charge in [0, 0.05) is 54.4 Å². The number of benzene rings is 2. The number of carbonyl (C=O) groups excluding carboxylic acids is 2. The van der Waals surface area contributed by atoms with E-state index in [1.807, 2.05) is 53.4 Å². The Morgan fingerprint density at radius 2 is 1.60 bits per heavy atom. The lowest BCUT2D eigenvalue weighted by molar-refractivity contribution is 0.0624. The molecule has 0 radical (unpaired) electrons. The van der Waals surface area contributed by atoms with Crippen molar-refractivity contribution in [2.24, 2.45) is 0 Å². The van der Waals surface area contributed by atoms with Gasteiger partial charge in [0.05, 0.1) is 6.54 Å². The Morgan fingerprint density at radius 3 is 2.27 bits per heavy atom. The predicted molar refractivity (Wildman–Crippen MR) is 120 cm³/mol. The number of aromatic nitrogens is 1. The van der Waals surface area contributed by atoms with Crippen molar-refractivity contribution in [3.8, 4) is 0 Å². The van der Waals surface area contributed by atoms with Crippen LogP contribution in [0.5, 0.6) is 0 Å². The number of carbonyl (C=O) groups is 2. The summed E-state index contributed by atoms with van der Waals surface area (Å²) < 4.78 is 0. The molecular formula is C25H29N3O2. The molecule has 0 aliphatic carbocycles. The van der Waals surface area contributed by atoms with Gasteiger partial charge in [-0.3, -0.25) is 14.5 Å². The lowest BCUT2D eigenvalue weighted by Crippen LogP contribution is -2.49. The molecule has 0 spiro atoms. The average Bonchev–Trinajstić information content (AvgIpc) is 3.18. The van der Waals surface area contributed by atoms with Crippen LogP contribution in [-0.4, -0.2) is 59.2 Å². The van der Waals surface area contributed by atoms with Crippen molar-refractivity contribution in [3.05, 3.63) is 71.4 Å². The molecule has 1 fully saturated rings. The number of para-hydroxylation sites is 1. The minimum atomic E-state index is 0.0677. The lowest BCUT2D eigenvalue weighted by atomic mass is 9.86. The van der Waals surface area contributed by atoms with Crippen molar-refractivity contribution in [1.82, 2.24) is 14.8 Å². The predicted octanol–water partition coefficient (Wildman–Crippen LogP) is 4.11. The van der Waals surface area contributed by atoms with Crippen LogP contribution in [0, 0.1) is 0 Å². The van der Waals surface area contributed by atoms with Crippen LogP contribution in [0.4, 0.5) is 0 Å². The maximum absolute atomic E-state index is 12.9. The van der Waals surface area contributed by atoms with E-state index >= 15 is 0 Å². The number of hydrogen-bond acceptors (Lipinski definition) is 3. The number of H-pyrrole nitrogens is 1. The number of nitrogens with zero attached hydrogens (tertiary/aromatic N) is 2. The van der Waals surface area contributed by atoms with Crippen LogP contribution in [0.2, 0.25) is 0 Å². The number of nitrogens with one attached hydrogen (secondary N) is 1. The highest BCUT2D eigenvalue weighted by Gasteiger charge is 2.24. The van der Waals surface area contributed by atoms with E-state index < -0.39 is 0 Å². The highest BCUT2D eigenvalue weighted by Crippen LogP contribution is 2.23. The Kier molecular flexibility index (Phi) is 5.48. The molecule has 3 aromatic rings. The van der Waals surface area contributed by atoms with Crippen molar-refractivity contribution in [2.75, 3.05) is 32.7 Å². The molecule has 1 aromatic heterocycles. The molecule has 1 amide bonds. The molecule has 1 aliphatic heterocycles. The van der Waals surface area contributed by atoms with Crippen molar-refractivity contribution < 1.29 is 9.59 Å². The van der Waals surface area contributed by atoms with Gasteiger partial charge >= 0.3 is 0 Å². The van der Waals surface area contributed by atoms with Crippen molar-refractivity contribution in [1.29, 1.82) is 0 Å². The number of piperazine rings is 1. The second kappa shape index (κ2) is 8.07. The topological polar surface area (TPSA) is 56.4 Å². The summed E-state index contributed by atoms with van der Waals surface area (Å²) in [5.41, 5.74) is 3.74. The van der Waals surface area contributed by atoms with Crippen LogP contribution in [0.3, 0.4) is 0 Å². The van der Waals surface area contributed by atoms with Gasteiger partial charge in [0.1, 0.15) is 0 Å². The molecule has 30 heavy (non-hydrogen) atoms. The zero-order valence-electron chi connectivity index (χ0n) is 17.9. The third-order valence-corrected chi connectivity index (χ3v) is 5.91. The summed E-state index contributed by atoms with van der Waals surface area (Å²) in [5, 5.41) is 0.968. The fourth-order valence-corrected chi connectivity index (χ4v) is 3.99. The molecular weight excluding hydrogens is 374 g/mol. The average molecular weight is 404 g/mol. The molecule has 0 unspecified atom stereocenters. The molecule has 0 saturated carbocycles. The van der Waals surface area contributed by atoms with E-state index in [0.29, 0.717) is 32.7 Å². The SMILES string of the molecule is CC(C)(C)c1ccc(C(=O)N2CCN(CC(=O)c3c[nH]c4ccccc34)CC2)cc1. The minimum absolute atomic E-state index is 0.0677. The fraction of sp³-hybridized carbons (Fsp3) is 0.360. The molecule has 0 atom stereocenters. The standard InChI is InChI=1S/C25H29N3O2/c1-25(2,3)19-10-8-18(9-11-19)24(30)28-14-12-27(13-15-28)17-23(29)21-16-26-22-7-5-4-6-20(21)22/h4-11,16,26H,12-15,17H2,1-3H3. The van der Waals surface area contributed by atoms with Gasteiger partial charge in [-0.2, -0.15) is 0 Å². The van der Waals surface area contributed by atoms with Crippen LogP contribution in [-0.2, 0) is 5.41 Å². The van der Waals surface area contributed by atoms with Crippen LogP contribution in [0.1, 0.15) is 47.1 Å². The quantitative estimate of drug-likeness (QED) is 0.667. The maximum atomic E-state index is 12.9. The summed E-state index contributed by atoms with van der Waals surface area (Å²) in [6.45, 7) is 9.58. The molecule has 5 heteroatoms. The van der Waals surface area contributed by atoms with Crippen LogP contribution >= 0.6 is 0 Å². The molecule has 5 nitrogen and oxygen atoms in total. The summed E-state index contributed by atoms with van der Waals surface area (Å²) in [7, 11) is 0. The summed E-state index contributed by atoms with van der Waals surface area (Å²) in [6, 6.07) is 15.8. The fourth-order valence-electron chi connectivity index (χ4n) is 3.99. The van der Waals surface area contributed by atoms with Gasteiger partial charge in [-0.1, -0.05) is 51.1 Å². The smallest absolute Gasteiger partial charge is 0.253 e. The minimum Gasteiger partial charge on any atom is -0.360 e. The van der Waals surface area contributed by atoms with E-state index in [4.69, 9.17) is 0 Å². The van der Waals surface area contributed by atoms with Gasteiger partial charge in [0.25, 0.3) is 5.91 Å². The van der Waals surface area contributed by atoms with Crippen LogP contribution < -0.4 is 0 Å². The van der Waals surface area contributed by atoms with Crippen LogP contribution in [0.15, 0.2) is 54.7 Å². The molecule has 2 aromatic carbocycles. The summed E-state index contributed by atoms with van der Waals surface area (Å²) in [4.78, 5) is 32.8. The number of hydrogen-bond donors (Lipinski definition) is 1. The maximum Gasteiger partial charge on any atom is 0.253 e. The molecule has 1 N–H and O–H groups in total. The number of ketones is 1. The summed E-state index contributed by atoms with van der Waals surface area (Å²) >= 11 is 0. The lowest BCUT2D eigenvalue weighted by Gasteiger charge is -2.34. The number of Topliss-reactive ketones (excluding diaryl/α,β-unsaturated/α-hetero) is 1. The Balaban J connectivity index is 1.34. The molecule has 1 aliphatic rings. The molecule has 156 valence electrons. The second-order valence-corrected chi connectivity index (χ2v) is 9.07. The van der Waals surface area contributed by atoms with E-state index in [2.05, 4.69) is 30.7 Å². The number of fused-ring (bicyclic) bond motifs is 1. The number of aromatic amines is 1. The Labute approximate surface area is 177 Å². The van der Waals surface area contributed by atoms with E-state index in [1.54, 1.807) is 6.20 Å². The summed E-state index contributed by atoms with van der Waals surface area (Å²) in [6.07, 6.45) is 1.80. The Hall–Kier alpha value is -2.92. The Bertz CT molecular complexity index is 1050. The second-order valence-electron chi connectivity index (χ2n) is 9.07. The number of rotatable bonds is 4. The first-order valence-electron chi connectivity index (χ1n) is 10.5. The van der Waals surface area contributed by atoms with Gasteiger partial charge < -0.3 is 9.88 Å². The largest absolute Gasteiger partial charge is 0.360 e.